The Kier molecular flexibility index (Phi) is 8.75. The number of nitrogens with one attached hydrogen (secondary N) is 1. The van der Waals surface area contributed by atoms with E-state index in [-0.39, 0.29) is 17.6 Å². The summed E-state index contributed by atoms with van der Waals surface area (Å²) in [6.07, 6.45) is 5.99. The zero-order chi connectivity index (χ0) is 29.1. The Bertz CT molecular complexity index is 1250. The smallest absolute Gasteiger partial charge is 0.416 e. The molecule has 4 rings (SSSR count). The highest BCUT2D eigenvalue weighted by atomic mass is 16.6. The van der Waals surface area contributed by atoms with E-state index < -0.39 is 17.3 Å². The van der Waals surface area contributed by atoms with Gasteiger partial charge in [0.15, 0.2) is 5.43 Å². The molecular formula is C30H43N5O5. The molecule has 218 valence electrons. The standard InChI is InChI=1S/C30H43N5O5/c1-29(2,3)39-27(37)34-16-14-33(15-17-34)26-20-23(36)19-24(32-26)21-12-13-31-25(18-21)35(22-10-8-7-9-11-22)28(38)40-30(4,5)6/h12-13,18-20,22H,7-11,14-17H2,1-6H3,(H,32,36). The molecule has 2 amide bonds. The zero-order valence-corrected chi connectivity index (χ0v) is 24.7. The molecule has 0 radical (unpaired) electrons. The minimum Gasteiger partial charge on any atom is -0.444 e. The number of hydrogen-bond acceptors (Lipinski definition) is 7. The Hall–Kier alpha value is -3.56. The second kappa shape index (κ2) is 11.9. The summed E-state index contributed by atoms with van der Waals surface area (Å²) in [5.74, 6) is 1.19. The molecule has 3 heterocycles. The van der Waals surface area contributed by atoms with Crippen LogP contribution in [0.2, 0.25) is 0 Å². The maximum absolute atomic E-state index is 13.3. The molecule has 2 aliphatic rings. The van der Waals surface area contributed by atoms with Crippen LogP contribution in [0.3, 0.4) is 0 Å². The summed E-state index contributed by atoms with van der Waals surface area (Å²) in [6.45, 7) is 13.2. The van der Waals surface area contributed by atoms with Gasteiger partial charge in [-0.05, 0) is 66.5 Å². The summed E-state index contributed by atoms with van der Waals surface area (Å²) in [4.78, 5) is 51.9. The highest BCUT2D eigenvalue weighted by Gasteiger charge is 2.32. The fourth-order valence-electron chi connectivity index (χ4n) is 5.11. The van der Waals surface area contributed by atoms with Crippen LogP contribution in [-0.2, 0) is 9.47 Å². The number of amides is 2. The lowest BCUT2D eigenvalue weighted by atomic mass is 9.94. The van der Waals surface area contributed by atoms with Crippen LogP contribution in [0.25, 0.3) is 11.3 Å². The van der Waals surface area contributed by atoms with Crippen molar-refractivity contribution in [2.45, 2.75) is 90.9 Å². The predicted octanol–water partition coefficient (Wildman–Crippen LogP) is 5.57. The van der Waals surface area contributed by atoms with E-state index in [1.165, 1.54) is 0 Å². The molecule has 10 nitrogen and oxygen atoms in total. The molecule has 0 bridgehead atoms. The first kappa shape index (κ1) is 29.4. The fourth-order valence-corrected chi connectivity index (χ4v) is 5.11. The number of aromatic amines is 1. The van der Waals surface area contributed by atoms with Gasteiger partial charge in [0.25, 0.3) is 0 Å². The van der Waals surface area contributed by atoms with Crippen LogP contribution in [0.5, 0.6) is 0 Å². The number of anilines is 2. The highest BCUT2D eigenvalue weighted by molar-refractivity contribution is 5.88. The minimum absolute atomic E-state index is 0.0120. The Morgan fingerprint density at radius 2 is 1.57 bits per heavy atom. The number of carbonyl (C=O) groups excluding carboxylic acids is 2. The van der Waals surface area contributed by atoms with Crippen LogP contribution in [0.15, 0.2) is 35.3 Å². The van der Waals surface area contributed by atoms with E-state index in [0.717, 1.165) is 37.7 Å². The molecule has 2 aromatic rings. The Balaban J connectivity index is 1.56. The summed E-state index contributed by atoms with van der Waals surface area (Å²) in [7, 11) is 0. The molecule has 0 spiro atoms. The van der Waals surface area contributed by atoms with E-state index >= 15 is 0 Å². The van der Waals surface area contributed by atoms with Crippen molar-refractivity contribution >= 4 is 23.8 Å². The maximum Gasteiger partial charge on any atom is 0.416 e. The second-order valence-electron chi connectivity index (χ2n) is 12.6. The van der Waals surface area contributed by atoms with Crippen LogP contribution in [0.1, 0.15) is 73.6 Å². The quantitative estimate of drug-likeness (QED) is 0.527. The summed E-state index contributed by atoms with van der Waals surface area (Å²) in [5.41, 5.74) is 0.0734. The van der Waals surface area contributed by atoms with E-state index in [2.05, 4.69) is 14.9 Å². The molecule has 1 aliphatic carbocycles. The molecule has 1 aliphatic heterocycles. The van der Waals surface area contributed by atoms with Crippen molar-refractivity contribution < 1.29 is 19.1 Å². The number of rotatable bonds is 4. The van der Waals surface area contributed by atoms with Gasteiger partial charge >= 0.3 is 12.2 Å². The van der Waals surface area contributed by atoms with Gasteiger partial charge in [-0.3, -0.25) is 9.69 Å². The van der Waals surface area contributed by atoms with E-state index in [4.69, 9.17) is 9.47 Å². The summed E-state index contributed by atoms with van der Waals surface area (Å²) >= 11 is 0. The van der Waals surface area contributed by atoms with Gasteiger partial charge in [-0.1, -0.05) is 19.3 Å². The SMILES string of the molecule is CC(C)(C)OC(=O)N1CCN(c2cc(=O)cc(-c3ccnc(N(C(=O)OC(C)(C)C)C4CCCCC4)c3)[nH]2)CC1. The Morgan fingerprint density at radius 1 is 0.925 bits per heavy atom. The van der Waals surface area contributed by atoms with Crippen molar-refractivity contribution in [1.29, 1.82) is 0 Å². The van der Waals surface area contributed by atoms with E-state index in [0.29, 0.717) is 43.5 Å². The van der Waals surface area contributed by atoms with Gasteiger partial charge in [0.05, 0.1) is 5.69 Å². The number of aromatic nitrogens is 2. The molecule has 1 saturated heterocycles. The van der Waals surface area contributed by atoms with Crippen LogP contribution in [0, 0.1) is 0 Å². The van der Waals surface area contributed by atoms with Crippen LogP contribution in [-0.4, -0.2) is 70.5 Å². The molecule has 40 heavy (non-hydrogen) atoms. The summed E-state index contributed by atoms with van der Waals surface area (Å²) in [5, 5.41) is 0. The predicted molar refractivity (Wildman–Crippen MR) is 156 cm³/mol. The third kappa shape index (κ3) is 7.76. The van der Waals surface area contributed by atoms with Crippen molar-refractivity contribution in [3.63, 3.8) is 0 Å². The number of nitrogens with zero attached hydrogens (tertiary/aromatic N) is 4. The number of piperazine rings is 1. The molecule has 1 saturated carbocycles. The van der Waals surface area contributed by atoms with E-state index in [1.807, 2.05) is 53.7 Å². The Morgan fingerprint density at radius 3 is 2.20 bits per heavy atom. The molecular weight excluding hydrogens is 510 g/mol. The molecule has 0 atom stereocenters. The van der Waals surface area contributed by atoms with Crippen LogP contribution >= 0.6 is 0 Å². The number of pyridine rings is 2. The first-order chi connectivity index (χ1) is 18.8. The number of carbonyl (C=O) groups is 2. The zero-order valence-electron chi connectivity index (χ0n) is 24.7. The molecule has 0 aromatic carbocycles. The Labute approximate surface area is 236 Å². The van der Waals surface area contributed by atoms with Crippen molar-refractivity contribution in [1.82, 2.24) is 14.9 Å². The van der Waals surface area contributed by atoms with E-state index in [1.54, 1.807) is 28.1 Å². The van der Waals surface area contributed by atoms with Crippen molar-refractivity contribution in [2.75, 3.05) is 36.0 Å². The van der Waals surface area contributed by atoms with Gasteiger partial charge in [-0.15, -0.1) is 0 Å². The molecule has 2 fully saturated rings. The largest absolute Gasteiger partial charge is 0.444 e. The molecule has 10 heteroatoms. The first-order valence-electron chi connectivity index (χ1n) is 14.2. The van der Waals surface area contributed by atoms with Gasteiger partial charge in [0, 0.05) is 56.1 Å². The molecule has 1 N–H and O–H groups in total. The van der Waals surface area contributed by atoms with Gasteiger partial charge in [0.1, 0.15) is 22.8 Å². The monoisotopic (exact) mass is 553 g/mol. The minimum atomic E-state index is -0.630. The molecule has 0 unspecified atom stereocenters. The average molecular weight is 554 g/mol. The lowest BCUT2D eigenvalue weighted by molar-refractivity contribution is 0.0240. The van der Waals surface area contributed by atoms with Crippen molar-refractivity contribution in [2.24, 2.45) is 0 Å². The topological polar surface area (TPSA) is 108 Å². The lowest BCUT2D eigenvalue weighted by Crippen LogP contribution is -2.50. The third-order valence-corrected chi connectivity index (χ3v) is 6.93. The van der Waals surface area contributed by atoms with Gasteiger partial charge < -0.3 is 24.3 Å². The average Bonchev–Trinajstić information content (AvgIpc) is 2.87. The van der Waals surface area contributed by atoms with Gasteiger partial charge in [-0.2, -0.15) is 0 Å². The van der Waals surface area contributed by atoms with Gasteiger partial charge in [-0.25, -0.2) is 14.6 Å². The van der Waals surface area contributed by atoms with Gasteiger partial charge in [0.2, 0.25) is 0 Å². The van der Waals surface area contributed by atoms with Crippen molar-refractivity contribution in [3.8, 4) is 11.3 Å². The van der Waals surface area contributed by atoms with Crippen molar-refractivity contribution in [3.05, 3.63) is 40.7 Å². The van der Waals surface area contributed by atoms with E-state index in [9.17, 15) is 14.4 Å². The maximum atomic E-state index is 13.3. The molecule has 2 aromatic heterocycles. The van der Waals surface area contributed by atoms with Crippen LogP contribution in [0.4, 0.5) is 21.2 Å². The summed E-state index contributed by atoms with van der Waals surface area (Å²) in [6, 6.07) is 6.81. The van der Waals surface area contributed by atoms with Crippen LogP contribution < -0.4 is 15.2 Å². The third-order valence-electron chi connectivity index (χ3n) is 6.93. The number of H-pyrrole nitrogens is 1. The number of hydrogen-bond donors (Lipinski definition) is 1. The first-order valence-corrected chi connectivity index (χ1v) is 14.2. The summed E-state index contributed by atoms with van der Waals surface area (Å²) < 4.78 is 11.3. The lowest BCUT2D eigenvalue weighted by Gasteiger charge is -2.36. The second-order valence-corrected chi connectivity index (χ2v) is 12.6. The number of ether oxygens (including phenoxy) is 2. The fraction of sp³-hybridized carbons (Fsp3) is 0.600. The normalized spacial score (nSPS) is 16.9. The highest BCUT2D eigenvalue weighted by Crippen LogP contribution is 2.30.